The van der Waals surface area contributed by atoms with E-state index in [-0.39, 0.29) is 18.5 Å². The lowest BCUT2D eigenvalue weighted by Gasteiger charge is -2.40. The van der Waals surface area contributed by atoms with Crippen LogP contribution in [0.25, 0.3) is 0 Å². The Hall–Kier alpha value is -2.64. The lowest BCUT2D eigenvalue weighted by Crippen LogP contribution is -2.60. The van der Waals surface area contributed by atoms with E-state index in [0.717, 1.165) is 89.9 Å². The first-order chi connectivity index (χ1) is 36.2. The molecule has 7 unspecified atom stereocenters. The maximum atomic E-state index is 13.0. The first-order valence-electron chi connectivity index (χ1n) is 30.6. The molecule has 11 heteroatoms. The zero-order chi connectivity index (χ0) is 53.8. The Bertz CT molecular complexity index is 1410. The molecule has 1 rings (SSSR count). The molecule has 0 aliphatic carbocycles. The van der Waals surface area contributed by atoms with Gasteiger partial charge in [0.1, 0.15) is 24.4 Å². The van der Waals surface area contributed by atoms with E-state index in [1.54, 1.807) is 6.08 Å². The van der Waals surface area contributed by atoms with E-state index in [0.29, 0.717) is 19.4 Å². The smallest absolute Gasteiger partial charge is 0.305 e. The Kier molecular flexibility index (Phi) is 49.1. The van der Waals surface area contributed by atoms with Gasteiger partial charge in [0.2, 0.25) is 5.91 Å². The number of carbonyl (C=O) groups is 2. The Morgan fingerprint density at radius 3 is 1.43 bits per heavy atom. The van der Waals surface area contributed by atoms with Crippen molar-refractivity contribution in [3.8, 4) is 0 Å². The van der Waals surface area contributed by atoms with Gasteiger partial charge in [0.25, 0.3) is 0 Å². The van der Waals surface area contributed by atoms with E-state index in [2.05, 4.69) is 67.8 Å². The second-order valence-corrected chi connectivity index (χ2v) is 21.0. The maximum Gasteiger partial charge on any atom is 0.305 e. The summed E-state index contributed by atoms with van der Waals surface area (Å²) in [6.07, 6.45) is 57.6. The van der Waals surface area contributed by atoms with Crippen molar-refractivity contribution in [1.82, 2.24) is 5.32 Å². The molecule has 11 nitrogen and oxygen atoms in total. The zero-order valence-electron chi connectivity index (χ0n) is 47.3. The fourth-order valence-electron chi connectivity index (χ4n) is 9.25. The minimum absolute atomic E-state index is 0.0502. The highest BCUT2D eigenvalue weighted by atomic mass is 16.7. The summed E-state index contributed by atoms with van der Waals surface area (Å²) < 4.78 is 16.6. The fraction of sp³-hybridized carbons (Fsp3) is 0.810. The molecule has 1 amide bonds. The number of esters is 1. The monoisotopic (exact) mass is 1040 g/mol. The number of unbranched alkanes of at least 4 members (excludes halogenated alkanes) is 30. The topological polar surface area (TPSA) is 175 Å². The molecule has 0 bridgehead atoms. The van der Waals surface area contributed by atoms with Crippen molar-refractivity contribution in [3.05, 3.63) is 60.8 Å². The van der Waals surface area contributed by atoms with E-state index >= 15 is 0 Å². The van der Waals surface area contributed by atoms with Crippen molar-refractivity contribution >= 4 is 11.9 Å². The number of hydrogen-bond acceptors (Lipinski definition) is 10. The second kappa shape index (κ2) is 52.4. The Morgan fingerprint density at radius 1 is 0.500 bits per heavy atom. The normalized spacial score (nSPS) is 19.3. The third kappa shape index (κ3) is 41.5. The summed E-state index contributed by atoms with van der Waals surface area (Å²) in [4.78, 5) is 25.0. The number of aliphatic hydroxyl groups is 5. The highest BCUT2D eigenvalue weighted by Gasteiger charge is 2.44. The van der Waals surface area contributed by atoms with Crippen LogP contribution in [0.15, 0.2) is 60.8 Å². The summed E-state index contributed by atoms with van der Waals surface area (Å²) in [5.74, 6) is -0.252. The standard InChI is InChI=1S/C63H113NO10/c1-3-5-7-9-11-13-15-16-26-30-33-37-41-45-49-56(66)55(54-73-63-62(71)61(70)60(69)57(53-65)74-63)64-58(67)50-46-42-38-34-31-27-24-22-20-18-17-19-21-23-25-28-32-36-40-44-48-52-72-59(68)51-47-43-39-35-29-14-12-10-8-6-4-2/h13,15,28,30,32-33,40,44-45,49,55-57,60-63,65-66,69-71H,3-12,14,16-27,29,31,34-39,41-43,46-48,50-54H2,1-2H3,(H,64,67)/b15-13+,32-28-,33-30+,44-40-,49-45+. The van der Waals surface area contributed by atoms with Gasteiger partial charge in [0.15, 0.2) is 6.29 Å². The lowest BCUT2D eigenvalue weighted by atomic mass is 9.99. The van der Waals surface area contributed by atoms with Crippen LogP contribution in [0, 0.1) is 0 Å². The van der Waals surface area contributed by atoms with Crippen molar-refractivity contribution < 1.29 is 49.3 Å². The molecule has 0 aromatic carbocycles. The van der Waals surface area contributed by atoms with Crippen LogP contribution in [0.4, 0.5) is 0 Å². The summed E-state index contributed by atoms with van der Waals surface area (Å²) in [6.45, 7) is 4.18. The average molecular weight is 1040 g/mol. The van der Waals surface area contributed by atoms with Crippen molar-refractivity contribution in [2.45, 2.75) is 307 Å². The summed E-state index contributed by atoms with van der Waals surface area (Å²) >= 11 is 0. The van der Waals surface area contributed by atoms with Gasteiger partial charge < -0.3 is 45.1 Å². The molecular formula is C63H113NO10. The Morgan fingerprint density at radius 2 is 0.919 bits per heavy atom. The van der Waals surface area contributed by atoms with Crippen molar-refractivity contribution in [2.75, 3.05) is 19.8 Å². The van der Waals surface area contributed by atoms with Gasteiger partial charge in [0, 0.05) is 12.8 Å². The van der Waals surface area contributed by atoms with Gasteiger partial charge >= 0.3 is 5.97 Å². The van der Waals surface area contributed by atoms with Crippen LogP contribution in [0.5, 0.6) is 0 Å². The summed E-state index contributed by atoms with van der Waals surface area (Å²) in [5, 5.41) is 54.4. The van der Waals surface area contributed by atoms with Crippen LogP contribution in [0.3, 0.4) is 0 Å². The molecule has 0 aromatic heterocycles. The van der Waals surface area contributed by atoms with Gasteiger partial charge in [-0.3, -0.25) is 9.59 Å². The molecule has 0 spiro atoms. The predicted octanol–water partition coefficient (Wildman–Crippen LogP) is 14.2. The Labute approximate surface area is 452 Å². The van der Waals surface area contributed by atoms with E-state index < -0.39 is 49.5 Å². The van der Waals surface area contributed by atoms with Crippen LogP contribution < -0.4 is 5.32 Å². The number of amides is 1. The number of rotatable bonds is 52. The van der Waals surface area contributed by atoms with E-state index in [1.807, 2.05) is 6.08 Å². The predicted molar refractivity (Wildman–Crippen MR) is 306 cm³/mol. The molecule has 1 saturated heterocycles. The number of hydrogen-bond donors (Lipinski definition) is 6. The minimum atomic E-state index is -1.58. The van der Waals surface area contributed by atoms with Gasteiger partial charge in [-0.2, -0.15) is 0 Å². The zero-order valence-corrected chi connectivity index (χ0v) is 47.3. The van der Waals surface area contributed by atoms with Crippen molar-refractivity contribution in [2.24, 2.45) is 0 Å². The fourth-order valence-corrected chi connectivity index (χ4v) is 9.25. The largest absolute Gasteiger partial charge is 0.465 e. The maximum absolute atomic E-state index is 13.0. The first kappa shape index (κ1) is 69.4. The number of carbonyl (C=O) groups excluding carboxylic acids is 2. The van der Waals surface area contributed by atoms with Gasteiger partial charge in [-0.15, -0.1) is 0 Å². The molecule has 1 aliphatic rings. The van der Waals surface area contributed by atoms with Crippen molar-refractivity contribution in [1.29, 1.82) is 0 Å². The minimum Gasteiger partial charge on any atom is -0.465 e. The molecule has 6 N–H and O–H groups in total. The molecule has 7 atom stereocenters. The highest BCUT2D eigenvalue weighted by molar-refractivity contribution is 5.76. The third-order valence-corrected chi connectivity index (χ3v) is 14.1. The molecule has 0 aromatic rings. The molecule has 74 heavy (non-hydrogen) atoms. The van der Waals surface area contributed by atoms with Crippen molar-refractivity contribution in [3.63, 3.8) is 0 Å². The van der Waals surface area contributed by atoms with E-state index in [4.69, 9.17) is 14.2 Å². The molecule has 430 valence electrons. The average Bonchev–Trinajstić information content (AvgIpc) is 3.40. The summed E-state index contributed by atoms with van der Waals surface area (Å²) in [6, 6.07) is -0.839. The molecule has 1 aliphatic heterocycles. The Balaban J connectivity index is 2.12. The number of aliphatic hydroxyl groups excluding tert-OH is 5. The molecule has 0 saturated carbocycles. The van der Waals surface area contributed by atoms with Gasteiger partial charge in [0.05, 0.1) is 32.0 Å². The number of allylic oxidation sites excluding steroid dienone is 8. The van der Waals surface area contributed by atoms with Crippen LogP contribution in [-0.4, -0.2) is 100 Å². The quantitative estimate of drug-likeness (QED) is 0.0195. The van der Waals surface area contributed by atoms with Crippen LogP contribution in [-0.2, 0) is 23.8 Å². The van der Waals surface area contributed by atoms with Crippen LogP contribution >= 0.6 is 0 Å². The second-order valence-electron chi connectivity index (χ2n) is 21.0. The summed E-state index contributed by atoms with van der Waals surface area (Å²) in [7, 11) is 0. The molecule has 1 heterocycles. The lowest BCUT2D eigenvalue weighted by molar-refractivity contribution is -0.302. The third-order valence-electron chi connectivity index (χ3n) is 14.1. The van der Waals surface area contributed by atoms with Gasteiger partial charge in [-0.25, -0.2) is 0 Å². The van der Waals surface area contributed by atoms with Gasteiger partial charge in [-0.1, -0.05) is 235 Å². The first-order valence-corrected chi connectivity index (χ1v) is 30.6. The SMILES string of the molecule is CCCCCC/C=C/CC/C=C/CC/C=C/C(O)C(COC1OC(CO)C(O)C(O)C1O)NC(=O)CCCCCCCCCCCCCCCC/C=C\C/C=C\CCOC(=O)CCCCCCCCCCCCC. The van der Waals surface area contributed by atoms with E-state index in [9.17, 15) is 35.1 Å². The summed E-state index contributed by atoms with van der Waals surface area (Å²) in [5.41, 5.74) is 0. The highest BCUT2D eigenvalue weighted by Crippen LogP contribution is 2.23. The number of ether oxygens (including phenoxy) is 3. The molecular weight excluding hydrogens is 931 g/mol. The van der Waals surface area contributed by atoms with E-state index in [1.165, 1.54) is 148 Å². The molecule has 0 radical (unpaired) electrons. The van der Waals surface area contributed by atoms with Crippen LogP contribution in [0.1, 0.15) is 264 Å². The van der Waals surface area contributed by atoms with Gasteiger partial charge in [-0.05, 0) is 77.0 Å². The number of nitrogens with one attached hydrogen (secondary N) is 1. The van der Waals surface area contributed by atoms with Crippen LogP contribution in [0.2, 0.25) is 0 Å². The molecule has 1 fully saturated rings.